The molecule has 0 unspecified atom stereocenters. The first-order valence-electron chi connectivity index (χ1n) is 8.81. The van der Waals surface area contributed by atoms with Crippen LogP contribution >= 0.6 is 0 Å². The molecule has 27 heavy (non-hydrogen) atoms. The predicted molar refractivity (Wildman–Crippen MR) is 107 cm³/mol. The van der Waals surface area contributed by atoms with E-state index in [2.05, 4.69) is 5.32 Å². The summed E-state index contributed by atoms with van der Waals surface area (Å²) in [6.07, 6.45) is 1.24. The molecule has 1 N–H and O–H groups in total. The molecule has 6 nitrogen and oxygen atoms in total. The number of rotatable bonds is 9. The molecule has 0 aliphatic heterocycles. The molecule has 146 valence electrons. The van der Waals surface area contributed by atoms with Gasteiger partial charge < -0.3 is 10.1 Å². The number of anilines is 1. The maximum Gasteiger partial charge on any atom is 0.225 e. The van der Waals surface area contributed by atoms with E-state index < -0.39 is 10.0 Å². The van der Waals surface area contributed by atoms with Gasteiger partial charge in [0.2, 0.25) is 15.9 Å². The Morgan fingerprint density at radius 2 is 1.85 bits per heavy atom. The molecule has 0 bridgehead atoms. The van der Waals surface area contributed by atoms with Crippen molar-refractivity contribution >= 4 is 21.6 Å². The molecule has 0 aliphatic rings. The van der Waals surface area contributed by atoms with Crippen molar-refractivity contribution in [2.75, 3.05) is 24.7 Å². The third-order valence-corrected chi connectivity index (χ3v) is 5.20. The molecule has 1 amide bonds. The number of ether oxygens (including phenoxy) is 1. The maximum absolute atomic E-state index is 12.2. The Kier molecular flexibility index (Phi) is 7.38. The van der Waals surface area contributed by atoms with E-state index >= 15 is 0 Å². The Morgan fingerprint density at radius 1 is 1.15 bits per heavy atom. The summed E-state index contributed by atoms with van der Waals surface area (Å²) in [7, 11) is -3.42. The lowest BCUT2D eigenvalue weighted by atomic mass is 10.1. The van der Waals surface area contributed by atoms with Crippen molar-refractivity contribution in [1.29, 1.82) is 0 Å². The van der Waals surface area contributed by atoms with Crippen LogP contribution < -0.4 is 10.1 Å². The van der Waals surface area contributed by atoms with Crippen LogP contribution in [0.5, 0.6) is 5.75 Å². The van der Waals surface area contributed by atoms with Crippen molar-refractivity contribution in [2.24, 2.45) is 0 Å². The van der Waals surface area contributed by atoms with Gasteiger partial charge >= 0.3 is 0 Å². The average Bonchev–Trinajstić information content (AvgIpc) is 2.59. The van der Waals surface area contributed by atoms with E-state index in [-0.39, 0.29) is 25.4 Å². The van der Waals surface area contributed by atoms with Crippen LogP contribution in [-0.2, 0) is 21.4 Å². The molecule has 0 saturated heterocycles. The fourth-order valence-corrected chi connectivity index (χ4v) is 3.43. The van der Waals surface area contributed by atoms with Crippen molar-refractivity contribution < 1.29 is 17.9 Å². The number of hydrogen-bond acceptors (Lipinski definition) is 4. The van der Waals surface area contributed by atoms with Gasteiger partial charge in [-0.1, -0.05) is 29.8 Å². The molecule has 0 spiro atoms. The molecular formula is C20H26N2O4S. The number of nitrogens with one attached hydrogen (secondary N) is 1. The zero-order valence-electron chi connectivity index (χ0n) is 15.9. The Balaban J connectivity index is 1.94. The summed E-state index contributed by atoms with van der Waals surface area (Å²) in [5.41, 5.74) is 2.61. The van der Waals surface area contributed by atoms with E-state index in [0.717, 1.165) is 23.1 Å². The molecule has 0 radical (unpaired) electrons. The molecule has 7 heteroatoms. The Hall–Kier alpha value is -2.38. The van der Waals surface area contributed by atoms with Gasteiger partial charge in [0.05, 0.1) is 12.9 Å². The van der Waals surface area contributed by atoms with Crippen LogP contribution in [0.25, 0.3) is 0 Å². The lowest BCUT2D eigenvalue weighted by Gasteiger charge is -2.20. The summed E-state index contributed by atoms with van der Waals surface area (Å²) < 4.78 is 30.8. The maximum atomic E-state index is 12.2. The third-order valence-electron chi connectivity index (χ3n) is 3.95. The third kappa shape index (κ3) is 7.03. The van der Waals surface area contributed by atoms with E-state index in [0.29, 0.717) is 12.3 Å². The standard InChI is InChI=1S/C20H26N2O4S/c1-4-26-19-10-8-18(9-11-19)21-20(23)12-13-22(27(3,24)25)15-17-7-5-6-16(2)14-17/h5-11,14H,4,12-13,15H2,1-3H3,(H,21,23). The van der Waals surface area contributed by atoms with Gasteiger partial charge in [0.15, 0.2) is 0 Å². The highest BCUT2D eigenvalue weighted by Gasteiger charge is 2.18. The smallest absolute Gasteiger partial charge is 0.225 e. The number of carbonyl (C=O) groups is 1. The first kappa shape index (κ1) is 20.9. The summed E-state index contributed by atoms with van der Waals surface area (Å²) in [6.45, 7) is 4.80. The first-order valence-corrected chi connectivity index (χ1v) is 10.7. The molecule has 0 saturated carbocycles. The molecule has 0 aromatic heterocycles. The molecule has 2 aromatic rings. The number of amides is 1. The second kappa shape index (κ2) is 9.53. The van der Waals surface area contributed by atoms with Crippen molar-refractivity contribution in [3.05, 3.63) is 59.7 Å². The number of aryl methyl sites for hydroxylation is 1. The average molecular weight is 391 g/mol. The SMILES string of the molecule is CCOc1ccc(NC(=O)CCN(Cc2cccc(C)c2)S(C)(=O)=O)cc1. The highest BCUT2D eigenvalue weighted by Crippen LogP contribution is 2.16. The minimum absolute atomic E-state index is 0.0755. The van der Waals surface area contributed by atoms with Gasteiger partial charge in [-0.2, -0.15) is 4.31 Å². The predicted octanol–water partition coefficient (Wildman–Crippen LogP) is 3.18. The Morgan fingerprint density at radius 3 is 2.44 bits per heavy atom. The van der Waals surface area contributed by atoms with E-state index in [9.17, 15) is 13.2 Å². The number of carbonyl (C=O) groups excluding carboxylic acids is 1. The van der Waals surface area contributed by atoms with Crippen LogP contribution in [0.4, 0.5) is 5.69 Å². The molecule has 2 aromatic carbocycles. The normalized spacial score (nSPS) is 11.4. The lowest BCUT2D eigenvalue weighted by molar-refractivity contribution is -0.116. The number of benzene rings is 2. The van der Waals surface area contributed by atoms with Gasteiger partial charge in [-0.05, 0) is 43.7 Å². The summed E-state index contributed by atoms with van der Waals surface area (Å²) in [4.78, 5) is 12.2. The minimum Gasteiger partial charge on any atom is -0.494 e. The fraction of sp³-hybridized carbons (Fsp3) is 0.350. The molecule has 0 heterocycles. The van der Waals surface area contributed by atoms with Crippen molar-refractivity contribution in [3.8, 4) is 5.75 Å². The molecule has 0 aliphatic carbocycles. The van der Waals surface area contributed by atoms with E-state index in [1.807, 2.05) is 38.1 Å². The molecular weight excluding hydrogens is 364 g/mol. The van der Waals surface area contributed by atoms with Crippen molar-refractivity contribution in [1.82, 2.24) is 4.31 Å². The van der Waals surface area contributed by atoms with Gasteiger partial charge in [-0.25, -0.2) is 8.42 Å². The Labute approximate surface area is 161 Å². The molecule has 0 fully saturated rings. The van der Waals surface area contributed by atoms with Gasteiger partial charge in [-0.3, -0.25) is 4.79 Å². The number of nitrogens with zero attached hydrogens (tertiary/aromatic N) is 1. The summed E-state index contributed by atoms with van der Waals surface area (Å²) >= 11 is 0. The summed E-state index contributed by atoms with van der Waals surface area (Å²) in [6, 6.07) is 14.7. The van der Waals surface area contributed by atoms with Gasteiger partial charge in [0, 0.05) is 25.2 Å². The lowest BCUT2D eigenvalue weighted by Crippen LogP contribution is -2.32. The fourth-order valence-electron chi connectivity index (χ4n) is 2.63. The van der Waals surface area contributed by atoms with Crippen LogP contribution in [0.3, 0.4) is 0 Å². The van der Waals surface area contributed by atoms with E-state index in [1.54, 1.807) is 24.3 Å². The number of hydrogen-bond donors (Lipinski definition) is 1. The summed E-state index contributed by atoms with van der Waals surface area (Å²) in [5, 5.41) is 2.78. The van der Waals surface area contributed by atoms with Gasteiger partial charge in [0.25, 0.3) is 0 Å². The highest BCUT2D eigenvalue weighted by molar-refractivity contribution is 7.88. The van der Waals surface area contributed by atoms with Crippen LogP contribution in [0.15, 0.2) is 48.5 Å². The highest BCUT2D eigenvalue weighted by atomic mass is 32.2. The first-order chi connectivity index (χ1) is 12.8. The topological polar surface area (TPSA) is 75.7 Å². The van der Waals surface area contributed by atoms with Crippen molar-refractivity contribution in [2.45, 2.75) is 26.8 Å². The second-order valence-electron chi connectivity index (χ2n) is 6.34. The van der Waals surface area contributed by atoms with Gasteiger partial charge in [-0.15, -0.1) is 0 Å². The van der Waals surface area contributed by atoms with Crippen molar-refractivity contribution in [3.63, 3.8) is 0 Å². The van der Waals surface area contributed by atoms with E-state index in [1.165, 1.54) is 4.31 Å². The zero-order chi connectivity index (χ0) is 19.9. The zero-order valence-corrected chi connectivity index (χ0v) is 16.8. The van der Waals surface area contributed by atoms with Crippen LogP contribution in [0.2, 0.25) is 0 Å². The van der Waals surface area contributed by atoms with Crippen LogP contribution in [-0.4, -0.2) is 38.0 Å². The number of sulfonamides is 1. The van der Waals surface area contributed by atoms with Gasteiger partial charge in [0.1, 0.15) is 5.75 Å². The monoisotopic (exact) mass is 390 g/mol. The molecule has 0 atom stereocenters. The van der Waals surface area contributed by atoms with Crippen LogP contribution in [0.1, 0.15) is 24.5 Å². The minimum atomic E-state index is -3.42. The van der Waals surface area contributed by atoms with E-state index in [4.69, 9.17) is 4.74 Å². The Bertz CT molecular complexity index is 864. The summed E-state index contributed by atoms with van der Waals surface area (Å²) in [5.74, 6) is 0.494. The second-order valence-corrected chi connectivity index (χ2v) is 8.32. The quantitative estimate of drug-likeness (QED) is 0.713. The van der Waals surface area contributed by atoms with Crippen LogP contribution in [0, 0.1) is 6.92 Å². The molecule has 2 rings (SSSR count). The largest absolute Gasteiger partial charge is 0.494 e.